The van der Waals surface area contributed by atoms with Gasteiger partial charge in [-0.05, 0) is 27.6 Å². The van der Waals surface area contributed by atoms with Gasteiger partial charge < -0.3 is 9.64 Å². The second-order valence-corrected chi connectivity index (χ2v) is 6.44. The van der Waals surface area contributed by atoms with Gasteiger partial charge in [-0.1, -0.05) is 0 Å². The average Bonchev–Trinajstić information content (AvgIpc) is 3.17. The van der Waals surface area contributed by atoms with Gasteiger partial charge in [-0.25, -0.2) is 4.63 Å². The van der Waals surface area contributed by atoms with Gasteiger partial charge in [0, 0.05) is 52.4 Å². The lowest BCUT2D eigenvalue weighted by Crippen LogP contribution is -2.49. The summed E-state index contributed by atoms with van der Waals surface area (Å²) in [6, 6.07) is 3.56. The number of nitroso groups, excluding NO2 is 1. The van der Waals surface area contributed by atoms with E-state index in [9.17, 15) is 4.91 Å². The first kappa shape index (κ1) is 16.4. The van der Waals surface area contributed by atoms with Crippen molar-refractivity contribution in [2.45, 2.75) is 0 Å². The van der Waals surface area contributed by atoms with E-state index in [1.807, 2.05) is 6.07 Å². The van der Waals surface area contributed by atoms with E-state index in [0.717, 1.165) is 71.3 Å². The molecule has 0 N–H and O–H groups in total. The van der Waals surface area contributed by atoms with Crippen LogP contribution in [-0.4, -0.2) is 85.7 Å². The molecule has 3 heterocycles. The molecule has 2 aliphatic rings. The topological polar surface area (TPSA) is 87.3 Å². The maximum absolute atomic E-state index is 10.9. The first-order valence-electron chi connectivity index (χ1n) is 8.71. The van der Waals surface area contributed by atoms with Gasteiger partial charge in [-0.3, -0.25) is 9.80 Å². The summed E-state index contributed by atoms with van der Waals surface area (Å²) in [6.07, 6.45) is 0. The molecule has 0 amide bonds. The number of morpholine rings is 1. The first-order valence-corrected chi connectivity index (χ1v) is 8.71. The number of nitrogens with zero attached hydrogens (tertiary/aromatic N) is 6. The predicted octanol–water partition coefficient (Wildman–Crippen LogP) is 1.07. The molecule has 2 aromatic rings. The SMILES string of the molecule is O=Nc1ccc(N2CCN(CCN3CCOCC3)CC2)c2nonc12. The third-order valence-electron chi connectivity index (χ3n) is 5.02. The zero-order chi connectivity index (χ0) is 17.1. The Morgan fingerprint density at radius 3 is 2.32 bits per heavy atom. The molecule has 9 nitrogen and oxygen atoms in total. The molecule has 25 heavy (non-hydrogen) atoms. The first-order chi connectivity index (χ1) is 12.3. The van der Waals surface area contributed by atoms with E-state index in [1.54, 1.807) is 6.07 Å². The van der Waals surface area contributed by atoms with Crippen molar-refractivity contribution < 1.29 is 9.37 Å². The second-order valence-electron chi connectivity index (χ2n) is 6.44. The molecule has 0 unspecified atom stereocenters. The third-order valence-corrected chi connectivity index (χ3v) is 5.02. The summed E-state index contributed by atoms with van der Waals surface area (Å²) in [5, 5.41) is 10.8. The number of ether oxygens (including phenoxy) is 1. The van der Waals surface area contributed by atoms with E-state index in [-0.39, 0.29) is 5.69 Å². The van der Waals surface area contributed by atoms with Crippen molar-refractivity contribution in [2.75, 3.05) is 70.5 Å². The lowest BCUT2D eigenvalue weighted by atomic mass is 10.2. The molecule has 2 aliphatic heterocycles. The van der Waals surface area contributed by atoms with E-state index in [4.69, 9.17) is 9.37 Å². The highest BCUT2D eigenvalue weighted by Crippen LogP contribution is 2.31. The fourth-order valence-corrected chi connectivity index (χ4v) is 3.49. The van der Waals surface area contributed by atoms with Crippen LogP contribution < -0.4 is 4.90 Å². The maximum atomic E-state index is 10.9. The molecule has 2 saturated heterocycles. The lowest BCUT2D eigenvalue weighted by molar-refractivity contribution is 0.0331. The molecule has 0 aliphatic carbocycles. The number of fused-ring (bicyclic) bond motifs is 1. The third kappa shape index (κ3) is 3.48. The molecule has 2 fully saturated rings. The molecule has 1 aromatic carbocycles. The monoisotopic (exact) mass is 346 g/mol. The minimum absolute atomic E-state index is 0.268. The fraction of sp³-hybridized carbons (Fsp3) is 0.625. The predicted molar refractivity (Wildman–Crippen MR) is 93.2 cm³/mol. The van der Waals surface area contributed by atoms with E-state index in [1.165, 1.54) is 0 Å². The minimum atomic E-state index is 0.268. The number of rotatable bonds is 5. The molecule has 1 aromatic heterocycles. The quantitative estimate of drug-likeness (QED) is 0.743. The van der Waals surface area contributed by atoms with Crippen LogP contribution in [0.4, 0.5) is 11.4 Å². The van der Waals surface area contributed by atoms with Gasteiger partial charge in [0.15, 0.2) is 11.0 Å². The van der Waals surface area contributed by atoms with Crippen molar-refractivity contribution >= 4 is 22.4 Å². The highest BCUT2D eigenvalue weighted by molar-refractivity contribution is 5.95. The number of piperazine rings is 1. The van der Waals surface area contributed by atoms with Gasteiger partial charge in [0.2, 0.25) is 0 Å². The van der Waals surface area contributed by atoms with Crippen LogP contribution in [0, 0.1) is 4.91 Å². The highest BCUT2D eigenvalue weighted by atomic mass is 16.6. The van der Waals surface area contributed by atoms with Crippen LogP contribution in [0.3, 0.4) is 0 Å². The molecule has 0 radical (unpaired) electrons. The van der Waals surface area contributed by atoms with Crippen molar-refractivity contribution in [3.05, 3.63) is 17.0 Å². The Morgan fingerprint density at radius 1 is 0.920 bits per heavy atom. The van der Waals surface area contributed by atoms with Gasteiger partial charge in [-0.15, -0.1) is 4.91 Å². The second kappa shape index (κ2) is 7.42. The van der Waals surface area contributed by atoms with Gasteiger partial charge in [-0.2, -0.15) is 0 Å². The van der Waals surface area contributed by atoms with Crippen molar-refractivity contribution in [1.29, 1.82) is 0 Å². The minimum Gasteiger partial charge on any atom is -0.379 e. The zero-order valence-corrected chi connectivity index (χ0v) is 14.1. The van der Waals surface area contributed by atoms with Crippen LogP contribution in [-0.2, 0) is 4.74 Å². The number of anilines is 1. The van der Waals surface area contributed by atoms with Crippen LogP contribution in [0.2, 0.25) is 0 Å². The number of aromatic nitrogens is 2. The van der Waals surface area contributed by atoms with Crippen LogP contribution in [0.25, 0.3) is 11.0 Å². The highest BCUT2D eigenvalue weighted by Gasteiger charge is 2.22. The van der Waals surface area contributed by atoms with Crippen molar-refractivity contribution in [2.24, 2.45) is 5.18 Å². The number of hydrogen-bond donors (Lipinski definition) is 0. The summed E-state index contributed by atoms with van der Waals surface area (Å²) < 4.78 is 10.2. The Morgan fingerprint density at radius 2 is 1.60 bits per heavy atom. The Kier molecular flexibility index (Phi) is 4.86. The van der Waals surface area contributed by atoms with Gasteiger partial charge in [0.25, 0.3) is 0 Å². The zero-order valence-electron chi connectivity index (χ0n) is 14.1. The summed E-state index contributed by atoms with van der Waals surface area (Å²) in [6.45, 7) is 9.79. The van der Waals surface area contributed by atoms with Crippen molar-refractivity contribution in [3.8, 4) is 0 Å². The Labute approximate surface area is 145 Å². The summed E-state index contributed by atoms with van der Waals surface area (Å²) in [5.74, 6) is 0. The normalized spacial score (nSPS) is 20.2. The standard InChI is InChI=1S/C16H22N6O3/c23-17-13-1-2-14(16-15(13)18-25-19-16)22-7-5-20(6-8-22)3-4-21-9-11-24-12-10-21/h1-2H,3-12H2. The molecule has 0 saturated carbocycles. The van der Waals surface area contributed by atoms with Crippen molar-refractivity contribution in [1.82, 2.24) is 20.1 Å². The van der Waals surface area contributed by atoms with E-state index >= 15 is 0 Å². The molecular formula is C16H22N6O3. The maximum Gasteiger partial charge on any atom is 0.166 e. The average molecular weight is 346 g/mol. The summed E-state index contributed by atoms with van der Waals surface area (Å²) in [7, 11) is 0. The van der Waals surface area contributed by atoms with E-state index < -0.39 is 0 Å². The summed E-state index contributed by atoms with van der Waals surface area (Å²) >= 11 is 0. The van der Waals surface area contributed by atoms with Crippen LogP contribution in [0.1, 0.15) is 0 Å². The van der Waals surface area contributed by atoms with E-state index in [2.05, 4.69) is 30.2 Å². The molecule has 0 spiro atoms. The molecule has 0 atom stereocenters. The number of hydrogen-bond acceptors (Lipinski definition) is 9. The largest absolute Gasteiger partial charge is 0.379 e. The smallest absolute Gasteiger partial charge is 0.166 e. The molecular weight excluding hydrogens is 324 g/mol. The lowest BCUT2D eigenvalue weighted by Gasteiger charge is -2.37. The molecule has 4 rings (SSSR count). The molecule has 9 heteroatoms. The van der Waals surface area contributed by atoms with E-state index in [0.29, 0.717) is 11.0 Å². The van der Waals surface area contributed by atoms with Gasteiger partial charge in [0.1, 0.15) is 5.69 Å². The molecule has 134 valence electrons. The fourth-order valence-electron chi connectivity index (χ4n) is 3.49. The van der Waals surface area contributed by atoms with Crippen LogP contribution >= 0.6 is 0 Å². The van der Waals surface area contributed by atoms with Crippen LogP contribution in [0.15, 0.2) is 21.9 Å². The Bertz CT molecular complexity index is 722. The number of benzene rings is 1. The van der Waals surface area contributed by atoms with Crippen molar-refractivity contribution in [3.63, 3.8) is 0 Å². The van der Waals surface area contributed by atoms with Crippen LogP contribution in [0.5, 0.6) is 0 Å². The summed E-state index contributed by atoms with van der Waals surface area (Å²) in [5.41, 5.74) is 2.27. The Balaban J connectivity index is 1.36. The van der Waals surface area contributed by atoms with Gasteiger partial charge >= 0.3 is 0 Å². The van der Waals surface area contributed by atoms with Gasteiger partial charge in [0.05, 0.1) is 18.9 Å². The summed E-state index contributed by atoms with van der Waals surface area (Å²) in [4.78, 5) is 18.1. The Hall–Kier alpha value is -2.10. The molecule has 0 bridgehead atoms.